The Morgan fingerprint density at radius 3 is 2.45 bits per heavy atom. The van der Waals surface area contributed by atoms with Crippen LogP contribution < -0.4 is 0 Å². The van der Waals surface area contributed by atoms with E-state index in [1.54, 1.807) is 0 Å². The summed E-state index contributed by atoms with van der Waals surface area (Å²) in [5.41, 5.74) is 0.460. The molecule has 0 aliphatic carbocycles. The minimum atomic E-state index is -0.499. The van der Waals surface area contributed by atoms with Crippen molar-refractivity contribution < 1.29 is 9.59 Å². The molecule has 0 aliphatic rings. The summed E-state index contributed by atoms with van der Waals surface area (Å²) in [6.07, 6.45) is 0.372. The van der Waals surface area contributed by atoms with Gasteiger partial charge in [-0.2, -0.15) is 0 Å². The molecule has 98 valence electrons. The van der Waals surface area contributed by atoms with Gasteiger partial charge in [-0.25, -0.2) is 0 Å². The summed E-state index contributed by atoms with van der Waals surface area (Å²) in [4.78, 5) is 23.0. The highest BCUT2D eigenvalue weighted by molar-refractivity contribution is 9.13. The fraction of sp³-hybridized carbons (Fsp3) is 0. The monoisotopic (exact) mass is 390 g/mol. The molecule has 3 aromatic rings. The van der Waals surface area contributed by atoms with Gasteiger partial charge in [0.2, 0.25) is 5.78 Å². The molecule has 0 heterocycles. The SMILES string of the molecule is O=CC(=O)c1c2ccccc2cc2c(Br)c(Br)ccc12. The molecule has 0 atom stereocenters. The van der Waals surface area contributed by atoms with Crippen molar-refractivity contribution in [3.05, 3.63) is 57.0 Å². The molecule has 0 N–H and O–H groups in total. The fourth-order valence-electron chi connectivity index (χ4n) is 2.40. The highest BCUT2D eigenvalue weighted by Crippen LogP contribution is 2.36. The second-order valence-electron chi connectivity index (χ2n) is 4.41. The van der Waals surface area contributed by atoms with Gasteiger partial charge in [-0.15, -0.1) is 0 Å². The van der Waals surface area contributed by atoms with Gasteiger partial charge in [0.05, 0.1) is 0 Å². The van der Waals surface area contributed by atoms with Crippen LogP contribution in [0.3, 0.4) is 0 Å². The lowest BCUT2D eigenvalue weighted by molar-refractivity contribution is -0.104. The number of carbonyl (C=O) groups excluding carboxylic acids is 2. The molecule has 0 radical (unpaired) electrons. The number of fused-ring (bicyclic) bond motifs is 2. The van der Waals surface area contributed by atoms with Gasteiger partial charge in [-0.05, 0) is 65.5 Å². The zero-order chi connectivity index (χ0) is 14.3. The molecular formula is C16H8Br2O2. The Kier molecular flexibility index (Phi) is 3.44. The summed E-state index contributed by atoms with van der Waals surface area (Å²) >= 11 is 6.98. The molecule has 0 bridgehead atoms. The third-order valence-corrected chi connectivity index (χ3v) is 5.33. The Labute approximate surface area is 132 Å². The fourth-order valence-corrected chi connectivity index (χ4v) is 3.21. The zero-order valence-corrected chi connectivity index (χ0v) is 13.4. The van der Waals surface area contributed by atoms with Gasteiger partial charge in [-0.1, -0.05) is 30.3 Å². The molecule has 0 spiro atoms. The maximum Gasteiger partial charge on any atom is 0.226 e. The Balaban J connectivity index is 2.60. The normalized spacial score (nSPS) is 10.9. The summed E-state index contributed by atoms with van der Waals surface area (Å²) in [6.45, 7) is 0. The molecule has 4 heteroatoms. The summed E-state index contributed by atoms with van der Waals surface area (Å²) in [6, 6.07) is 13.3. The summed E-state index contributed by atoms with van der Waals surface area (Å²) in [7, 11) is 0. The number of aldehydes is 1. The Hall–Kier alpha value is -1.52. The van der Waals surface area contributed by atoms with Crippen molar-refractivity contribution >= 4 is 65.5 Å². The lowest BCUT2D eigenvalue weighted by Crippen LogP contribution is -2.02. The summed E-state index contributed by atoms with van der Waals surface area (Å²) < 4.78 is 1.78. The van der Waals surface area contributed by atoms with E-state index in [-0.39, 0.29) is 0 Å². The Bertz CT molecular complexity index is 869. The lowest BCUT2D eigenvalue weighted by atomic mass is 9.94. The molecular weight excluding hydrogens is 384 g/mol. The molecule has 0 aromatic heterocycles. The standard InChI is InChI=1S/C16H8Br2O2/c17-13-6-5-11-12(16(13)18)7-9-3-1-2-4-10(9)15(11)14(20)8-19/h1-8H. The number of hydrogen-bond acceptors (Lipinski definition) is 2. The van der Waals surface area contributed by atoms with Crippen LogP contribution >= 0.6 is 31.9 Å². The van der Waals surface area contributed by atoms with Crippen LogP contribution in [0.2, 0.25) is 0 Å². The van der Waals surface area contributed by atoms with E-state index in [0.717, 1.165) is 30.5 Å². The van der Waals surface area contributed by atoms with Crippen LogP contribution in [0.5, 0.6) is 0 Å². The van der Waals surface area contributed by atoms with E-state index < -0.39 is 5.78 Å². The predicted molar refractivity (Wildman–Crippen MR) is 87.2 cm³/mol. The van der Waals surface area contributed by atoms with E-state index in [4.69, 9.17) is 0 Å². The predicted octanol–water partition coefficient (Wildman–Crippen LogP) is 4.90. The number of ketones is 1. The van der Waals surface area contributed by atoms with Crippen molar-refractivity contribution in [1.29, 1.82) is 0 Å². The molecule has 0 fully saturated rings. The van der Waals surface area contributed by atoms with Gasteiger partial charge >= 0.3 is 0 Å². The molecule has 0 saturated carbocycles. The summed E-state index contributed by atoms with van der Waals surface area (Å²) in [5, 5.41) is 3.41. The van der Waals surface area contributed by atoms with Crippen molar-refractivity contribution in [3.8, 4) is 0 Å². The molecule has 0 unspecified atom stereocenters. The van der Waals surface area contributed by atoms with Crippen LogP contribution in [0, 0.1) is 0 Å². The van der Waals surface area contributed by atoms with E-state index in [1.165, 1.54) is 0 Å². The van der Waals surface area contributed by atoms with Gasteiger partial charge in [-0.3, -0.25) is 9.59 Å². The Morgan fingerprint density at radius 1 is 0.950 bits per heavy atom. The van der Waals surface area contributed by atoms with Gasteiger partial charge in [0.1, 0.15) is 0 Å². The van der Waals surface area contributed by atoms with E-state index >= 15 is 0 Å². The molecule has 3 aromatic carbocycles. The molecule has 2 nitrogen and oxygen atoms in total. The van der Waals surface area contributed by atoms with Crippen molar-refractivity contribution in [3.63, 3.8) is 0 Å². The molecule has 0 aliphatic heterocycles. The van der Waals surface area contributed by atoms with Crippen molar-refractivity contribution in [2.45, 2.75) is 0 Å². The smallest absolute Gasteiger partial charge is 0.226 e. The number of Topliss-reactive ketones (excluding diaryl/α,β-unsaturated/α-hetero) is 1. The first-order valence-corrected chi connectivity index (χ1v) is 7.51. The average molecular weight is 392 g/mol. The first-order chi connectivity index (χ1) is 9.63. The van der Waals surface area contributed by atoms with Gasteiger partial charge in [0, 0.05) is 14.5 Å². The maximum absolute atomic E-state index is 12.0. The molecule has 20 heavy (non-hydrogen) atoms. The molecule has 0 saturated heterocycles. The highest BCUT2D eigenvalue weighted by Gasteiger charge is 2.16. The quantitative estimate of drug-likeness (QED) is 0.269. The van der Waals surface area contributed by atoms with Crippen molar-refractivity contribution in [2.75, 3.05) is 0 Å². The first kappa shape index (κ1) is 13.5. The van der Waals surface area contributed by atoms with Gasteiger partial charge in [0.15, 0.2) is 6.29 Å². The van der Waals surface area contributed by atoms with Crippen LogP contribution in [-0.4, -0.2) is 12.1 Å². The average Bonchev–Trinajstić information content (AvgIpc) is 2.48. The van der Waals surface area contributed by atoms with E-state index in [0.29, 0.717) is 11.8 Å². The highest BCUT2D eigenvalue weighted by atomic mass is 79.9. The van der Waals surface area contributed by atoms with Crippen LogP contribution in [0.15, 0.2) is 51.4 Å². The number of carbonyl (C=O) groups is 2. The minimum absolute atomic E-state index is 0.372. The largest absolute Gasteiger partial charge is 0.294 e. The van der Waals surface area contributed by atoms with Crippen LogP contribution in [-0.2, 0) is 4.79 Å². The minimum Gasteiger partial charge on any atom is -0.294 e. The van der Waals surface area contributed by atoms with Crippen molar-refractivity contribution in [1.82, 2.24) is 0 Å². The van der Waals surface area contributed by atoms with Crippen LogP contribution in [0.1, 0.15) is 10.4 Å². The molecule has 0 amide bonds. The number of rotatable bonds is 2. The topological polar surface area (TPSA) is 34.1 Å². The molecule has 3 rings (SSSR count). The summed E-state index contributed by atoms with van der Waals surface area (Å²) in [5.74, 6) is -0.499. The second kappa shape index (κ2) is 5.11. The van der Waals surface area contributed by atoms with Crippen molar-refractivity contribution in [2.24, 2.45) is 0 Å². The number of halogens is 2. The Morgan fingerprint density at radius 2 is 1.70 bits per heavy atom. The first-order valence-electron chi connectivity index (χ1n) is 5.92. The van der Waals surface area contributed by atoms with E-state index in [9.17, 15) is 9.59 Å². The lowest BCUT2D eigenvalue weighted by Gasteiger charge is -2.10. The third-order valence-electron chi connectivity index (χ3n) is 3.29. The number of hydrogen-bond donors (Lipinski definition) is 0. The number of benzene rings is 3. The van der Waals surface area contributed by atoms with Crippen LogP contribution in [0.4, 0.5) is 0 Å². The van der Waals surface area contributed by atoms with E-state index in [2.05, 4.69) is 31.9 Å². The van der Waals surface area contributed by atoms with Gasteiger partial charge < -0.3 is 0 Å². The second-order valence-corrected chi connectivity index (χ2v) is 6.06. The zero-order valence-electron chi connectivity index (χ0n) is 10.2. The van der Waals surface area contributed by atoms with E-state index in [1.807, 2.05) is 42.5 Å². The third kappa shape index (κ3) is 2.00. The maximum atomic E-state index is 12.0. The van der Waals surface area contributed by atoms with Gasteiger partial charge in [0.25, 0.3) is 0 Å². The van der Waals surface area contributed by atoms with Crippen LogP contribution in [0.25, 0.3) is 21.5 Å².